The van der Waals surface area contributed by atoms with Crippen LogP contribution in [0, 0.1) is 0 Å². The molecule has 7 aromatic carbocycles. The summed E-state index contributed by atoms with van der Waals surface area (Å²) in [6, 6.07) is 24.7. The van der Waals surface area contributed by atoms with Crippen molar-refractivity contribution in [1.82, 2.24) is 27.8 Å². The van der Waals surface area contributed by atoms with Crippen LogP contribution in [0.1, 0.15) is 0 Å². The number of rotatable bonds is 4. The lowest BCUT2D eigenvalue weighted by molar-refractivity contribution is 0.521. The van der Waals surface area contributed by atoms with Crippen LogP contribution in [-0.2, 0) is 20.0 Å². The van der Waals surface area contributed by atoms with Crippen LogP contribution in [0.2, 0.25) is 0 Å². The minimum Gasteiger partial charge on any atom is -0.268 e. The molecule has 0 aliphatic carbocycles. The maximum atomic E-state index is 14.3. The Morgan fingerprint density at radius 3 is 1.34 bits per heavy atom. The second-order valence-electron chi connectivity index (χ2n) is 13.6. The van der Waals surface area contributed by atoms with Gasteiger partial charge in [-0.1, -0.05) is 24.3 Å². The number of benzene rings is 7. The fraction of sp³-hybridized carbons (Fsp3) is 0.0769. The molecule has 0 atom stereocenters. The zero-order valence-corrected chi connectivity index (χ0v) is 29.7. The van der Waals surface area contributed by atoms with Crippen LogP contribution < -0.4 is 15.8 Å². The summed E-state index contributed by atoms with van der Waals surface area (Å²) in [5.41, 5.74) is 2.16. The molecule has 12 nitrogen and oxygen atoms in total. The number of fused-ring (bicyclic) bond motifs is 10. The summed E-state index contributed by atoms with van der Waals surface area (Å²) >= 11 is 0. The molecule has 0 radical (unpaired) electrons. The van der Waals surface area contributed by atoms with Crippen molar-refractivity contribution < 1.29 is 16.8 Å². The average Bonchev–Trinajstić information content (AvgIpc) is 3.74. The third-order valence-electron chi connectivity index (χ3n) is 10.9. The fourth-order valence-electron chi connectivity index (χ4n) is 8.41. The van der Waals surface area contributed by atoms with E-state index in [0.29, 0.717) is 44.1 Å². The van der Waals surface area contributed by atoms with Crippen LogP contribution in [0.15, 0.2) is 104 Å². The maximum absolute atomic E-state index is 14.3. The number of nitrogens with zero attached hydrogens (tertiary/aromatic N) is 5. The van der Waals surface area contributed by atoms with Crippen molar-refractivity contribution in [2.75, 3.05) is 21.1 Å². The van der Waals surface area contributed by atoms with Gasteiger partial charge in [-0.2, -0.15) is 0 Å². The molecule has 0 spiro atoms. The molecule has 258 valence electrons. The Balaban J connectivity index is 1.25. The highest BCUT2D eigenvalue weighted by Gasteiger charge is 2.25. The van der Waals surface area contributed by atoms with Crippen LogP contribution in [-0.4, -0.2) is 61.1 Å². The summed E-state index contributed by atoms with van der Waals surface area (Å²) in [5.74, 6) is 0. The monoisotopic (exact) mass is 736 g/mol. The van der Waals surface area contributed by atoms with Gasteiger partial charge in [0, 0.05) is 46.4 Å². The molecular weight excluding hydrogens is 713 g/mol. The van der Waals surface area contributed by atoms with Crippen molar-refractivity contribution in [1.29, 1.82) is 0 Å². The lowest BCUT2D eigenvalue weighted by Crippen LogP contribution is -2.22. The number of nitrogens with one attached hydrogen (secondary N) is 1. The van der Waals surface area contributed by atoms with Gasteiger partial charge in [0.05, 0.1) is 31.9 Å². The van der Waals surface area contributed by atoms with Gasteiger partial charge in [0.2, 0.25) is 20.0 Å². The molecule has 0 unspecified atom stereocenters. The molecule has 4 aromatic heterocycles. The first-order chi connectivity index (χ1) is 25.4. The molecule has 1 N–H and O–H groups in total. The molecule has 11 rings (SSSR count). The summed E-state index contributed by atoms with van der Waals surface area (Å²) in [7, 11) is -3.17. The largest absolute Gasteiger partial charge is 0.268 e. The maximum Gasteiger partial charge on any atom is 0.264 e. The van der Waals surface area contributed by atoms with Crippen LogP contribution in [0.4, 0.5) is 0 Å². The van der Waals surface area contributed by atoms with E-state index in [2.05, 4.69) is 4.72 Å². The van der Waals surface area contributed by atoms with Crippen molar-refractivity contribution in [2.45, 2.75) is 9.79 Å². The van der Waals surface area contributed by atoms with Crippen molar-refractivity contribution in [2.24, 2.45) is 0 Å². The quantitative estimate of drug-likeness (QED) is 0.186. The number of pyridine rings is 2. The molecule has 0 bridgehead atoms. The molecule has 0 amide bonds. The van der Waals surface area contributed by atoms with Crippen LogP contribution in [0.3, 0.4) is 0 Å². The minimum absolute atomic E-state index is 0.0535. The highest BCUT2D eigenvalue weighted by atomic mass is 32.2. The minimum atomic E-state index is -3.73. The molecule has 53 heavy (non-hydrogen) atoms. The first-order valence-corrected chi connectivity index (χ1v) is 19.5. The van der Waals surface area contributed by atoms with Crippen molar-refractivity contribution in [3.05, 3.63) is 106 Å². The Hall–Kier alpha value is -6.06. The van der Waals surface area contributed by atoms with E-state index in [0.717, 1.165) is 58.2 Å². The Morgan fingerprint density at radius 1 is 0.528 bits per heavy atom. The van der Waals surface area contributed by atoms with E-state index in [1.807, 2.05) is 48.5 Å². The number of hydrogen-bond acceptors (Lipinski definition) is 8. The number of imidazole rings is 2. The van der Waals surface area contributed by atoms with Gasteiger partial charge in [-0.15, -0.1) is 0 Å². The Kier molecular flexibility index (Phi) is 5.58. The average molecular weight is 737 g/mol. The zero-order chi connectivity index (χ0) is 36.5. The Morgan fingerprint density at radius 2 is 0.906 bits per heavy atom. The standard InChI is InChI=1S/C39H24N6O6S2/c1-40-52(48,49)18-4-14-30-28(16-18)41-36-24-10-6-20-23-9-13-27-35-25(11-7-21(33(23)35)22-8-12-26(34(24)32(20)22)38(46)44(30)36)37-42-29-17-19(53(50,51)43(2)3)5-15-31(29)45(37)39(27)47/h4-17,40H,1-3H3. The summed E-state index contributed by atoms with van der Waals surface area (Å²) in [6.45, 7) is 0. The molecular formula is C39H24N6O6S2. The first kappa shape index (κ1) is 30.6. The van der Waals surface area contributed by atoms with Crippen LogP contribution in [0.5, 0.6) is 0 Å². The molecule has 0 aliphatic heterocycles. The predicted molar refractivity (Wildman–Crippen MR) is 207 cm³/mol. The second kappa shape index (κ2) is 9.67. The van der Waals surface area contributed by atoms with E-state index in [4.69, 9.17) is 9.97 Å². The molecule has 0 saturated heterocycles. The summed E-state index contributed by atoms with van der Waals surface area (Å²) < 4.78 is 57.6. The molecule has 0 saturated carbocycles. The third-order valence-corrected chi connectivity index (χ3v) is 14.1. The van der Waals surface area contributed by atoms with Gasteiger partial charge in [-0.05, 0) is 100 Å². The van der Waals surface area contributed by atoms with Gasteiger partial charge in [0.25, 0.3) is 11.1 Å². The van der Waals surface area contributed by atoms with Gasteiger partial charge < -0.3 is 0 Å². The van der Waals surface area contributed by atoms with Gasteiger partial charge in [-0.3, -0.25) is 18.4 Å². The zero-order valence-electron chi connectivity index (χ0n) is 28.1. The van der Waals surface area contributed by atoms with E-state index in [1.165, 1.54) is 45.4 Å². The van der Waals surface area contributed by atoms with Crippen molar-refractivity contribution in [3.8, 4) is 0 Å². The van der Waals surface area contributed by atoms with Gasteiger partial charge in [0.1, 0.15) is 11.3 Å². The van der Waals surface area contributed by atoms with E-state index in [9.17, 15) is 26.4 Å². The van der Waals surface area contributed by atoms with E-state index < -0.39 is 20.0 Å². The van der Waals surface area contributed by atoms with Crippen LogP contribution >= 0.6 is 0 Å². The highest BCUT2D eigenvalue weighted by molar-refractivity contribution is 7.89. The number of aromatic nitrogens is 4. The third kappa shape index (κ3) is 3.60. The predicted octanol–water partition coefficient (Wildman–Crippen LogP) is 5.40. The number of hydrogen-bond donors (Lipinski definition) is 1. The SMILES string of the molecule is CNS(=O)(=O)c1ccc2c(c1)nc1c3ccc4c5ccc6c(=O)n7c8ccc(S(=O)(=O)N(C)C)cc8nc7c7ccc(c8ccc(c(=O)n21)c3c48)c5c67. The van der Waals surface area contributed by atoms with Crippen molar-refractivity contribution in [3.63, 3.8) is 0 Å². The van der Waals surface area contributed by atoms with Gasteiger partial charge in [0.15, 0.2) is 0 Å². The smallest absolute Gasteiger partial charge is 0.264 e. The van der Waals surface area contributed by atoms with E-state index >= 15 is 0 Å². The normalized spacial score (nSPS) is 13.5. The topological polar surface area (TPSA) is 152 Å². The highest BCUT2D eigenvalue weighted by Crippen LogP contribution is 2.46. The summed E-state index contributed by atoms with van der Waals surface area (Å²) in [4.78, 5) is 38.3. The molecule has 11 aromatic rings. The van der Waals surface area contributed by atoms with Gasteiger partial charge in [-0.25, -0.2) is 35.8 Å². The molecule has 0 aliphatic rings. The molecule has 4 heterocycles. The summed E-state index contributed by atoms with van der Waals surface area (Å²) in [6.07, 6.45) is 0. The Labute approximate surface area is 298 Å². The molecule has 0 fully saturated rings. The van der Waals surface area contributed by atoms with Gasteiger partial charge >= 0.3 is 0 Å². The molecule has 14 heteroatoms. The Bertz CT molecular complexity index is 3820. The second-order valence-corrected chi connectivity index (χ2v) is 17.6. The van der Waals surface area contributed by atoms with E-state index in [1.54, 1.807) is 20.9 Å². The lowest BCUT2D eigenvalue weighted by atomic mass is 9.86. The fourth-order valence-corrected chi connectivity index (χ4v) is 10.1. The first-order valence-electron chi connectivity index (χ1n) is 16.6. The van der Waals surface area contributed by atoms with E-state index in [-0.39, 0.29) is 20.9 Å². The number of sulfonamides is 2. The lowest BCUT2D eigenvalue weighted by Gasteiger charge is -2.18. The van der Waals surface area contributed by atoms with Crippen molar-refractivity contribution >= 4 is 118 Å². The van der Waals surface area contributed by atoms with Crippen LogP contribution in [0.25, 0.3) is 98.0 Å². The summed E-state index contributed by atoms with van der Waals surface area (Å²) in [5, 5.41) is 9.45.